The third-order valence-electron chi connectivity index (χ3n) is 2.51. The Morgan fingerprint density at radius 3 is 2.53 bits per heavy atom. The largest absolute Gasteiger partial charge is 0.508 e. The molecule has 0 amide bonds. The van der Waals surface area contributed by atoms with E-state index in [1.807, 2.05) is 26.1 Å². The fraction of sp³-hybridized carbons (Fsp3) is 0.417. The maximum Gasteiger partial charge on any atom is 0.115 e. The molecule has 0 aliphatic heterocycles. The van der Waals surface area contributed by atoms with Gasteiger partial charge >= 0.3 is 0 Å². The van der Waals surface area contributed by atoms with Gasteiger partial charge in [-0.05, 0) is 31.7 Å². The van der Waals surface area contributed by atoms with Gasteiger partial charge in [0.05, 0.1) is 12.5 Å². The molecule has 0 radical (unpaired) electrons. The zero-order valence-corrected chi connectivity index (χ0v) is 9.14. The molecular weight excluding hydrogens is 188 g/mol. The molecule has 1 aromatic rings. The molecule has 0 aliphatic carbocycles. The van der Waals surface area contributed by atoms with Gasteiger partial charge in [0, 0.05) is 12.6 Å². The SMILES string of the molecule is CC(CC#N)N(C)Cc1ccc(O)cc1. The minimum Gasteiger partial charge on any atom is -0.508 e. The van der Waals surface area contributed by atoms with Crippen molar-refractivity contribution in [2.75, 3.05) is 7.05 Å². The van der Waals surface area contributed by atoms with Gasteiger partial charge in [0.1, 0.15) is 5.75 Å². The van der Waals surface area contributed by atoms with Gasteiger partial charge in [-0.3, -0.25) is 4.90 Å². The Balaban J connectivity index is 2.55. The molecule has 0 fully saturated rings. The second-order valence-corrected chi connectivity index (χ2v) is 3.79. The lowest BCUT2D eigenvalue weighted by molar-refractivity contribution is 0.252. The molecular formula is C12H16N2O. The summed E-state index contributed by atoms with van der Waals surface area (Å²) in [5.74, 6) is 0.284. The average molecular weight is 204 g/mol. The third kappa shape index (κ3) is 3.61. The second-order valence-electron chi connectivity index (χ2n) is 3.79. The average Bonchev–Trinajstić information content (AvgIpc) is 2.22. The first-order valence-corrected chi connectivity index (χ1v) is 4.98. The van der Waals surface area contributed by atoms with Crippen LogP contribution in [0.5, 0.6) is 5.75 Å². The normalized spacial score (nSPS) is 12.4. The highest BCUT2D eigenvalue weighted by atomic mass is 16.3. The van der Waals surface area contributed by atoms with E-state index in [-0.39, 0.29) is 11.8 Å². The van der Waals surface area contributed by atoms with Crippen LogP contribution < -0.4 is 0 Å². The lowest BCUT2D eigenvalue weighted by atomic mass is 10.1. The Morgan fingerprint density at radius 2 is 2.00 bits per heavy atom. The molecule has 3 heteroatoms. The smallest absolute Gasteiger partial charge is 0.115 e. The maximum absolute atomic E-state index is 9.13. The van der Waals surface area contributed by atoms with Crippen LogP contribution in [0.4, 0.5) is 0 Å². The van der Waals surface area contributed by atoms with Crippen molar-refractivity contribution in [3.63, 3.8) is 0 Å². The Bertz CT molecular complexity index is 340. The summed E-state index contributed by atoms with van der Waals surface area (Å²) in [5, 5.41) is 17.7. The first kappa shape index (κ1) is 11.5. The van der Waals surface area contributed by atoms with Crippen molar-refractivity contribution < 1.29 is 5.11 Å². The van der Waals surface area contributed by atoms with Crippen LogP contribution in [0.1, 0.15) is 18.9 Å². The molecule has 0 saturated carbocycles. The third-order valence-corrected chi connectivity index (χ3v) is 2.51. The van der Waals surface area contributed by atoms with Crippen molar-refractivity contribution in [2.45, 2.75) is 25.9 Å². The molecule has 1 unspecified atom stereocenters. The van der Waals surface area contributed by atoms with Crippen LogP contribution in [0, 0.1) is 11.3 Å². The lowest BCUT2D eigenvalue weighted by Crippen LogP contribution is -2.28. The summed E-state index contributed by atoms with van der Waals surface area (Å²) in [6.07, 6.45) is 0.536. The summed E-state index contributed by atoms with van der Waals surface area (Å²) >= 11 is 0. The van der Waals surface area contributed by atoms with E-state index in [1.165, 1.54) is 0 Å². The Labute approximate surface area is 90.6 Å². The molecule has 0 heterocycles. The number of nitrogens with zero attached hydrogens (tertiary/aromatic N) is 2. The van der Waals surface area contributed by atoms with Crippen molar-refractivity contribution in [3.05, 3.63) is 29.8 Å². The highest BCUT2D eigenvalue weighted by Crippen LogP contribution is 2.12. The monoisotopic (exact) mass is 204 g/mol. The number of hydrogen-bond acceptors (Lipinski definition) is 3. The van der Waals surface area contributed by atoms with Gasteiger partial charge in [-0.1, -0.05) is 12.1 Å². The van der Waals surface area contributed by atoms with Gasteiger partial charge < -0.3 is 5.11 Å². The Hall–Kier alpha value is -1.53. The standard InChI is InChI=1S/C12H16N2O/c1-10(7-8-13)14(2)9-11-3-5-12(15)6-4-11/h3-6,10,15H,7,9H2,1-2H3. The fourth-order valence-electron chi connectivity index (χ4n) is 1.33. The van der Waals surface area contributed by atoms with Crippen LogP contribution in [0.25, 0.3) is 0 Å². The number of rotatable bonds is 4. The maximum atomic E-state index is 9.13. The summed E-state index contributed by atoms with van der Waals surface area (Å²) in [7, 11) is 1.99. The first-order chi connectivity index (χ1) is 7.13. The molecule has 0 spiro atoms. The number of nitriles is 1. The summed E-state index contributed by atoms with van der Waals surface area (Å²) in [6, 6.07) is 9.56. The molecule has 1 rings (SSSR count). The number of hydrogen-bond donors (Lipinski definition) is 1. The van der Waals surface area contributed by atoms with Gasteiger partial charge in [-0.2, -0.15) is 5.26 Å². The van der Waals surface area contributed by atoms with Gasteiger partial charge in [0.25, 0.3) is 0 Å². The van der Waals surface area contributed by atoms with E-state index in [9.17, 15) is 0 Å². The highest BCUT2D eigenvalue weighted by molar-refractivity contribution is 5.25. The van der Waals surface area contributed by atoms with Crippen LogP contribution >= 0.6 is 0 Å². The Kier molecular flexibility index (Phi) is 4.14. The summed E-state index contributed by atoms with van der Waals surface area (Å²) in [4.78, 5) is 2.12. The van der Waals surface area contributed by atoms with E-state index >= 15 is 0 Å². The minimum absolute atomic E-state index is 0.254. The highest BCUT2D eigenvalue weighted by Gasteiger charge is 2.08. The van der Waals surface area contributed by atoms with E-state index < -0.39 is 0 Å². The molecule has 0 aliphatic rings. The van der Waals surface area contributed by atoms with E-state index in [2.05, 4.69) is 11.0 Å². The van der Waals surface area contributed by atoms with E-state index in [4.69, 9.17) is 10.4 Å². The van der Waals surface area contributed by atoms with Crippen LogP contribution in [0.15, 0.2) is 24.3 Å². The molecule has 0 saturated heterocycles. The molecule has 3 nitrogen and oxygen atoms in total. The van der Waals surface area contributed by atoms with Crippen molar-refractivity contribution >= 4 is 0 Å². The molecule has 1 N–H and O–H groups in total. The minimum atomic E-state index is 0.254. The summed E-state index contributed by atoms with van der Waals surface area (Å²) in [6.45, 7) is 2.83. The number of aromatic hydroxyl groups is 1. The van der Waals surface area contributed by atoms with Crippen LogP contribution in [0.3, 0.4) is 0 Å². The number of phenolic OH excluding ortho intramolecular Hbond substituents is 1. The molecule has 0 aromatic heterocycles. The predicted octanol–water partition coefficient (Wildman–Crippen LogP) is 2.13. The topological polar surface area (TPSA) is 47.3 Å². The van der Waals surface area contributed by atoms with Gasteiger partial charge in [0.15, 0.2) is 0 Å². The first-order valence-electron chi connectivity index (χ1n) is 4.98. The summed E-state index contributed by atoms with van der Waals surface area (Å²) in [5.41, 5.74) is 1.14. The van der Waals surface area contributed by atoms with Crippen LogP contribution in [0.2, 0.25) is 0 Å². The van der Waals surface area contributed by atoms with Crippen LogP contribution in [-0.2, 0) is 6.54 Å². The molecule has 80 valence electrons. The quantitative estimate of drug-likeness (QED) is 0.817. The van der Waals surface area contributed by atoms with Crippen LogP contribution in [-0.4, -0.2) is 23.1 Å². The van der Waals surface area contributed by atoms with E-state index in [0.717, 1.165) is 12.1 Å². The van der Waals surface area contributed by atoms with E-state index in [1.54, 1.807) is 12.1 Å². The molecule has 0 bridgehead atoms. The molecule has 1 atom stereocenters. The zero-order chi connectivity index (χ0) is 11.3. The van der Waals surface area contributed by atoms with Crippen molar-refractivity contribution in [1.29, 1.82) is 5.26 Å². The van der Waals surface area contributed by atoms with Crippen molar-refractivity contribution in [1.82, 2.24) is 4.90 Å². The molecule has 1 aromatic carbocycles. The second kappa shape index (κ2) is 5.38. The summed E-state index contributed by atoms with van der Waals surface area (Å²) < 4.78 is 0. The molecule has 15 heavy (non-hydrogen) atoms. The predicted molar refractivity (Wildman–Crippen MR) is 59.3 cm³/mol. The number of phenols is 1. The fourth-order valence-corrected chi connectivity index (χ4v) is 1.33. The van der Waals surface area contributed by atoms with Gasteiger partial charge in [-0.15, -0.1) is 0 Å². The van der Waals surface area contributed by atoms with E-state index in [0.29, 0.717) is 6.42 Å². The van der Waals surface area contributed by atoms with Crippen molar-refractivity contribution in [2.24, 2.45) is 0 Å². The lowest BCUT2D eigenvalue weighted by Gasteiger charge is -2.22. The van der Waals surface area contributed by atoms with Gasteiger partial charge in [-0.25, -0.2) is 0 Å². The van der Waals surface area contributed by atoms with Crippen molar-refractivity contribution in [3.8, 4) is 11.8 Å². The zero-order valence-electron chi connectivity index (χ0n) is 9.14. The Morgan fingerprint density at radius 1 is 1.40 bits per heavy atom. The number of benzene rings is 1. The van der Waals surface area contributed by atoms with Gasteiger partial charge in [0.2, 0.25) is 0 Å².